The van der Waals surface area contributed by atoms with E-state index < -0.39 is 78.6 Å². The van der Waals surface area contributed by atoms with E-state index in [-0.39, 0.29) is 29.7 Å². The van der Waals surface area contributed by atoms with Crippen LogP contribution in [0.3, 0.4) is 0 Å². The van der Waals surface area contributed by atoms with Crippen molar-refractivity contribution in [3.63, 3.8) is 0 Å². The van der Waals surface area contributed by atoms with Gasteiger partial charge in [0.15, 0.2) is 17.1 Å². The second-order valence-electron chi connectivity index (χ2n) is 11.3. The molecular formula is C25H30IN3O9S. The molecule has 39 heavy (non-hydrogen) atoms. The molecule has 1 aromatic rings. The van der Waals surface area contributed by atoms with E-state index in [1.807, 2.05) is 22.6 Å². The third-order valence-electron chi connectivity index (χ3n) is 7.72. The molecule has 0 bridgehead atoms. The average molecular weight is 675 g/mol. The van der Waals surface area contributed by atoms with Crippen molar-refractivity contribution < 1.29 is 43.2 Å². The Morgan fingerprint density at radius 3 is 2.31 bits per heavy atom. The zero-order valence-corrected chi connectivity index (χ0v) is 24.8. The van der Waals surface area contributed by atoms with Gasteiger partial charge in [0.2, 0.25) is 15.8 Å². The highest BCUT2D eigenvalue weighted by Gasteiger charge is 2.64. The van der Waals surface area contributed by atoms with Crippen LogP contribution >= 0.6 is 22.6 Å². The molecule has 2 unspecified atom stereocenters. The molecule has 3 aliphatic rings. The Labute approximate surface area is 238 Å². The number of primary amides is 1. The fraction of sp³-hybridized carbons (Fsp3) is 0.480. The zero-order valence-electron chi connectivity index (χ0n) is 21.9. The number of sulfonamides is 1. The number of anilines is 1. The van der Waals surface area contributed by atoms with Crippen LogP contribution in [0.15, 0.2) is 23.0 Å². The van der Waals surface area contributed by atoms with Crippen LogP contribution in [0.1, 0.15) is 38.3 Å². The van der Waals surface area contributed by atoms with Gasteiger partial charge in [-0.3, -0.25) is 24.0 Å². The summed E-state index contributed by atoms with van der Waals surface area (Å²) in [5, 5.41) is 45.0. The van der Waals surface area contributed by atoms with Gasteiger partial charge in [0, 0.05) is 15.1 Å². The maximum atomic E-state index is 13.9. The van der Waals surface area contributed by atoms with Crippen molar-refractivity contribution in [1.29, 1.82) is 0 Å². The van der Waals surface area contributed by atoms with E-state index in [9.17, 15) is 43.2 Å². The zero-order chi connectivity index (χ0) is 29.6. The number of likely N-dealkylation sites (N-methyl/N-ethyl adjacent to an activating group) is 1. The number of phenolic OH excluding ortho intramolecular Hbond substituents is 1. The predicted octanol–water partition coefficient (Wildman–Crippen LogP) is 1.11. The highest BCUT2D eigenvalue weighted by molar-refractivity contribution is 14.1. The summed E-state index contributed by atoms with van der Waals surface area (Å²) in [7, 11) is -0.928. The number of aromatic hydroxyl groups is 1. The number of Topliss-reactive ketones (excluding diaryl/α,β-unsaturated/α-hetero) is 2. The number of hydrogen-bond acceptors (Lipinski definition) is 10. The number of nitrogens with two attached hydrogens (primary N) is 1. The Morgan fingerprint density at radius 2 is 1.79 bits per heavy atom. The summed E-state index contributed by atoms with van der Waals surface area (Å²) < 4.78 is 27.1. The Kier molecular flexibility index (Phi) is 6.89. The second-order valence-corrected chi connectivity index (χ2v) is 14.9. The Morgan fingerprint density at radius 1 is 1.21 bits per heavy atom. The number of nitrogens with zero attached hydrogens (tertiary/aromatic N) is 1. The standard InChI is InChI=1S/C25H30IN3O9S/c1-24(2,3)39(37,38)28-13-8-12(26)10-6-9-7-11-17(29(4)5)20(32)16(23(27)35)22(34)25(11,36)21(33)14(9)19(31)15(10)18(13)30/h8-9,11,17,28,30-31,34,36H,6-7H2,1-5H3,(H2,27,35)/t9?,11?,17-,25-/m0/s1. The van der Waals surface area contributed by atoms with Gasteiger partial charge in [-0.1, -0.05) is 0 Å². The molecule has 1 saturated carbocycles. The minimum Gasteiger partial charge on any atom is -0.508 e. The number of amides is 1. The number of benzene rings is 1. The molecular weight excluding hydrogens is 645 g/mol. The third-order valence-corrected chi connectivity index (χ3v) is 10.8. The Bertz CT molecular complexity index is 1510. The summed E-state index contributed by atoms with van der Waals surface area (Å²) in [6, 6.07) is 0.238. The summed E-state index contributed by atoms with van der Waals surface area (Å²) in [4.78, 5) is 40.5. The van der Waals surface area contributed by atoms with Gasteiger partial charge in [-0.2, -0.15) is 0 Å². The normalized spacial score (nSPS) is 27.3. The molecule has 1 fully saturated rings. The van der Waals surface area contributed by atoms with Crippen LogP contribution in [0.5, 0.6) is 5.75 Å². The molecule has 0 aromatic heterocycles. The molecule has 0 aliphatic heterocycles. The lowest BCUT2D eigenvalue weighted by atomic mass is 9.57. The molecule has 212 valence electrons. The molecule has 0 spiro atoms. The smallest absolute Gasteiger partial charge is 0.255 e. The molecule has 1 aromatic carbocycles. The number of aliphatic hydroxyl groups excluding tert-OH is 2. The molecule has 7 N–H and O–H groups in total. The van der Waals surface area contributed by atoms with Crippen LogP contribution in [0.2, 0.25) is 0 Å². The van der Waals surface area contributed by atoms with Crippen molar-refractivity contribution in [3.05, 3.63) is 37.7 Å². The van der Waals surface area contributed by atoms with Gasteiger partial charge in [-0.15, -0.1) is 0 Å². The number of carbonyl (C=O) groups excluding carboxylic acids is 3. The van der Waals surface area contributed by atoms with Crippen molar-refractivity contribution in [2.24, 2.45) is 17.6 Å². The van der Waals surface area contributed by atoms with Gasteiger partial charge in [0.25, 0.3) is 5.91 Å². The summed E-state index contributed by atoms with van der Waals surface area (Å²) in [5.74, 6) is -7.69. The second kappa shape index (κ2) is 9.17. The molecule has 12 nitrogen and oxygen atoms in total. The molecule has 0 heterocycles. The number of aliphatic hydroxyl groups is 3. The number of nitrogens with one attached hydrogen (secondary N) is 1. The summed E-state index contributed by atoms with van der Waals surface area (Å²) in [6.45, 7) is 4.40. The van der Waals surface area contributed by atoms with Crippen molar-refractivity contribution >= 4 is 61.5 Å². The number of phenols is 1. The first-order valence-corrected chi connectivity index (χ1v) is 14.5. The first kappa shape index (κ1) is 29.3. The lowest BCUT2D eigenvalue weighted by Crippen LogP contribution is -2.65. The highest BCUT2D eigenvalue weighted by Crippen LogP contribution is 2.54. The quantitative estimate of drug-likeness (QED) is 0.152. The van der Waals surface area contributed by atoms with E-state index in [2.05, 4.69) is 4.72 Å². The maximum Gasteiger partial charge on any atom is 0.255 e. The average Bonchev–Trinajstić information content (AvgIpc) is 2.78. The van der Waals surface area contributed by atoms with Gasteiger partial charge in [0.05, 0.1) is 22.0 Å². The lowest BCUT2D eigenvalue weighted by molar-refractivity contribution is -0.153. The van der Waals surface area contributed by atoms with Crippen molar-refractivity contribution in [3.8, 4) is 5.75 Å². The van der Waals surface area contributed by atoms with Crippen LogP contribution in [-0.4, -0.2) is 81.7 Å². The molecule has 4 rings (SSSR count). The van der Waals surface area contributed by atoms with Crippen LogP contribution in [0, 0.1) is 15.4 Å². The van der Waals surface area contributed by atoms with E-state index in [0.717, 1.165) is 0 Å². The molecule has 0 saturated heterocycles. The molecule has 0 radical (unpaired) electrons. The van der Waals surface area contributed by atoms with E-state index in [1.54, 1.807) is 0 Å². The van der Waals surface area contributed by atoms with E-state index in [4.69, 9.17) is 5.73 Å². The summed E-state index contributed by atoms with van der Waals surface area (Å²) in [5.41, 5.74) is 1.40. The van der Waals surface area contributed by atoms with Crippen LogP contribution in [0.25, 0.3) is 5.76 Å². The van der Waals surface area contributed by atoms with Crippen LogP contribution in [-0.2, 0) is 30.8 Å². The lowest BCUT2D eigenvalue weighted by Gasteiger charge is -2.50. The van der Waals surface area contributed by atoms with Gasteiger partial charge >= 0.3 is 0 Å². The topological polar surface area (TPSA) is 208 Å². The molecule has 4 atom stereocenters. The number of hydrogen-bond donors (Lipinski definition) is 6. The Balaban J connectivity index is 1.94. The monoisotopic (exact) mass is 675 g/mol. The number of halogens is 1. The first-order chi connectivity index (χ1) is 17.8. The van der Waals surface area contributed by atoms with E-state index in [1.165, 1.54) is 45.8 Å². The predicted molar refractivity (Wildman–Crippen MR) is 149 cm³/mol. The van der Waals surface area contributed by atoms with Crippen molar-refractivity contribution in [2.75, 3.05) is 18.8 Å². The fourth-order valence-electron chi connectivity index (χ4n) is 5.64. The molecule has 1 amide bonds. The van der Waals surface area contributed by atoms with Gasteiger partial charge in [-0.05, 0) is 87.8 Å². The minimum absolute atomic E-state index is 0.0407. The fourth-order valence-corrected chi connectivity index (χ4v) is 7.19. The van der Waals surface area contributed by atoms with Gasteiger partial charge in [-0.25, -0.2) is 8.42 Å². The van der Waals surface area contributed by atoms with Crippen LogP contribution in [0.4, 0.5) is 5.69 Å². The highest BCUT2D eigenvalue weighted by atomic mass is 127. The number of carbonyl (C=O) groups is 3. The van der Waals surface area contributed by atoms with Crippen molar-refractivity contribution in [1.82, 2.24) is 4.90 Å². The molecule has 14 heteroatoms. The van der Waals surface area contributed by atoms with Gasteiger partial charge in [0.1, 0.15) is 17.1 Å². The van der Waals surface area contributed by atoms with Gasteiger partial charge < -0.3 is 26.2 Å². The summed E-state index contributed by atoms with van der Waals surface area (Å²) in [6.07, 6.45) is 0.0632. The first-order valence-electron chi connectivity index (χ1n) is 12.0. The SMILES string of the molecule is CN(C)[C@@H]1C(=O)C(C(N)=O)=C(O)[C@@]2(O)C(=O)C3=C(O)c4c(O)c(NS(=O)(=O)C(C)(C)C)cc(I)c4CC3CC12. The number of rotatable bonds is 4. The van der Waals surface area contributed by atoms with E-state index in [0.29, 0.717) is 9.13 Å². The van der Waals surface area contributed by atoms with Crippen molar-refractivity contribution in [2.45, 2.75) is 50.0 Å². The maximum absolute atomic E-state index is 13.9. The number of ketones is 2. The Hall–Kier alpha value is -2.69. The minimum atomic E-state index is -3.97. The third kappa shape index (κ3) is 4.14. The summed E-state index contributed by atoms with van der Waals surface area (Å²) >= 11 is 1.93. The molecule has 3 aliphatic carbocycles. The van der Waals surface area contributed by atoms with Crippen LogP contribution < -0.4 is 10.5 Å². The number of fused-ring (bicyclic) bond motifs is 3. The van der Waals surface area contributed by atoms with E-state index >= 15 is 0 Å². The largest absolute Gasteiger partial charge is 0.508 e.